The van der Waals surface area contributed by atoms with E-state index in [1.807, 2.05) is 0 Å². The van der Waals surface area contributed by atoms with Crippen LogP contribution in [0.1, 0.15) is 22.6 Å². The van der Waals surface area contributed by atoms with Crippen molar-refractivity contribution in [2.45, 2.75) is 32.2 Å². The van der Waals surface area contributed by atoms with Crippen molar-refractivity contribution in [3.8, 4) is 0 Å². The Morgan fingerprint density at radius 1 is 1.17 bits per heavy atom. The summed E-state index contributed by atoms with van der Waals surface area (Å²) in [4.78, 5) is 18.5. The highest BCUT2D eigenvalue weighted by Crippen LogP contribution is 2.38. The lowest BCUT2D eigenvalue weighted by Crippen LogP contribution is -2.48. The largest absolute Gasteiger partial charge is 0.361 e. The zero-order valence-corrected chi connectivity index (χ0v) is 16.7. The van der Waals surface area contributed by atoms with Gasteiger partial charge in [0.25, 0.3) is 10.0 Å². The van der Waals surface area contributed by atoms with Gasteiger partial charge in [0.15, 0.2) is 5.82 Å². The van der Waals surface area contributed by atoms with Crippen LogP contribution in [0.3, 0.4) is 0 Å². The van der Waals surface area contributed by atoms with E-state index in [1.165, 1.54) is 41.4 Å². The molecule has 0 radical (unpaired) electrons. The number of halogens is 1. The number of benzene rings is 1. The number of fused-ring (bicyclic) bond motifs is 1. The molecule has 4 rings (SSSR count). The Balaban J connectivity index is 1.90. The molecule has 0 bridgehead atoms. The van der Waals surface area contributed by atoms with Crippen LogP contribution in [0.15, 0.2) is 45.9 Å². The molecule has 0 atom stereocenters. The van der Waals surface area contributed by atoms with E-state index >= 15 is 0 Å². The summed E-state index contributed by atoms with van der Waals surface area (Å²) >= 11 is 0. The molecule has 0 spiro atoms. The molecular formula is C19H17FN4O4S. The fourth-order valence-electron chi connectivity index (χ4n) is 3.20. The maximum atomic E-state index is 13.8. The molecule has 1 aliphatic rings. The second kappa shape index (κ2) is 6.66. The average Bonchev–Trinajstić information content (AvgIpc) is 3.00. The van der Waals surface area contributed by atoms with Crippen LogP contribution in [0.5, 0.6) is 0 Å². The number of urea groups is 1. The van der Waals surface area contributed by atoms with E-state index in [0.29, 0.717) is 28.3 Å². The standard InChI is InChI=1S/C19H17FN4O4S/c1-11-9-14(6-7-16(11)20)24-18-17(5-4-8-21-18)29(26,27)23(19(24)25)10-15-12(2)22-28-13(15)3/h4-9H,10H2,1-3H3. The van der Waals surface area contributed by atoms with Gasteiger partial charge in [-0.15, -0.1) is 0 Å². The maximum Gasteiger partial charge on any atom is 0.344 e. The lowest BCUT2D eigenvalue weighted by Gasteiger charge is -2.35. The number of amides is 2. The molecule has 1 aromatic carbocycles. The van der Waals surface area contributed by atoms with E-state index in [0.717, 1.165) is 4.31 Å². The number of nitrogens with zero attached hydrogens (tertiary/aromatic N) is 4. The van der Waals surface area contributed by atoms with Gasteiger partial charge in [0.05, 0.1) is 17.9 Å². The Bertz CT molecular complexity index is 1220. The highest BCUT2D eigenvalue weighted by atomic mass is 32.2. The second-order valence-corrected chi connectivity index (χ2v) is 8.52. The molecule has 0 N–H and O–H groups in total. The third-order valence-corrected chi connectivity index (χ3v) is 6.56. The Morgan fingerprint density at radius 3 is 2.59 bits per heavy atom. The summed E-state index contributed by atoms with van der Waals surface area (Å²) in [5, 5.41) is 3.82. The number of carbonyl (C=O) groups excluding carboxylic acids is 1. The van der Waals surface area contributed by atoms with Gasteiger partial charge in [-0.25, -0.2) is 31.8 Å². The fourth-order valence-corrected chi connectivity index (χ4v) is 4.65. The van der Waals surface area contributed by atoms with Gasteiger partial charge < -0.3 is 4.52 Å². The highest BCUT2D eigenvalue weighted by Gasteiger charge is 2.43. The van der Waals surface area contributed by atoms with Crippen molar-refractivity contribution in [2.24, 2.45) is 0 Å². The van der Waals surface area contributed by atoms with Crippen LogP contribution in [-0.2, 0) is 16.6 Å². The molecule has 3 heterocycles. The molecule has 10 heteroatoms. The lowest BCUT2D eigenvalue weighted by atomic mass is 10.2. The summed E-state index contributed by atoms with van der Waals surface area (Å²) in [6, 6.07) is 6.15. The molecule has 0 aliphatic carbocycles. The van der Waals surface area contributed by atoms with Crippen LogP contribution in [0.2, 0.25) is 0 Å². The third-order valence-electron chi connectivity index (χ3n) is 4.82. The molecule has 0 saturated heterocycles. The fraction of sp³-hybridized carbons (Fsp3) is 0.211. The smallest absolute Gasteiger partial charge is 0.344 e. The summed E-state index contributed by atoms with van der Waals surface area (Å²) in [7, 11) is -4.16. The molecular weight excluding hydrogens is 399 g/mol. The Morgan fingerprint density at radius 2 is 1.93 bits per heavy atom. The predicted molar refractivity (Wildman–Crippen MR) is 102 cm³/mol. The molecule has 2 amide bonds. The van der Waals surface area contributed by atoms with Gasteiger partial charge in [0, 0.05) is 11.8 Å². The number of pyridine rings is 1. The first-order valence-electron chi connectivity index (χ1n) is 8.71. The van der Waals surface area contributed by atoms with Gasteiger partial charge >= 0.3 is 6.03 Å². The quantitative estimate of drug-likeness (QED) is 0.647. The van der Waals surface area contributed by atoms with Crippen molar-refractivity contribution in [3.63, 3.8) is 0 Å². The van der Waals surface area contributed by atoms with E-state index in [1.54, 1.807) is 20.8 Å². The van der Waals surface area contributed by atoms with Crippen molar-refractivity contribution in [1.29, 1.82) is 0 Å². The van der Waals surface area contributed by atoms with Crippen molar-refractivity contribution >= 4 is 27.6 Å². The average molecular weight is 416 g/mol. The summed E-state index contributed by atoms with van der Waals surface area (Å²) in [5.41, 5.74) is 1.63. The molecule has 0 saturated carbocycles. The van der Waals surface area contributed by atoms with Gasteiger partial charge in [0.2, 0.25) is 0 Å². The van der Waals surface area contributed by atoms with Crippen LogP contribution in [-0.4, -0.2) is 28.9 Å². The number of hydrogen-bond acceptors (Lipinski definition) is 6. The minimum absolute atomic E-state index is 0.0291. The summed E-state index contributed by atoms with van der Waals surface area (Å²) in [6.07, 6.45) is 1.40. The molecule has 150 valence electrons. The number of anilines is 2. The predicted octanol–water partition coefficient (Wildman–Crippen LogP) is 3.60. The first kappa shape index (κ1) is 19.1. The first-order valence-corrected chi connectivity index (χ1v) is 10.2. The number of aryl methyl sites for hydroxylation is 3. The SMILES string of the molecule is Cc1cc(N2C(=O)N(Cc3c(C)noc3C)S(=O)(=O)c3cccnc32)ccc1F. The monoisotopic (exact) mass is 416 g/mol. The van der Waals surface area contributed by atoms with Crippen LogP contribution in [0, 0.1) is 26.6 Å². The maximum absolute atomic E-state index is 13.8. The van der Waals surface area contributed by atoms with Gasteiger partial charge in [-0.2, -0.15) is 0 Å². The molecule has 2 aromatic heterocycles. The normalized spacial score (nSPS) is 15.5. The van der Waals surface area contributed by atoms with Gasteiger partial charge in [0.1, 0.15) is 16.5 Å². The third kappa shape index (κ3) is 2.96. The molecule has 0 fully saturated rings. The molecule has 3 aromatic rings. The summed E-state index contributed by atoms with van der Waals surface area (Å²) in [6.45, 7) is 4.63. The number of hydrogen-bond donors (Lipinski definition) is 0. The second-order valence-electron chi connectivity index (χ2n) is 6.69. The summed E-state index contributed by atoms with van der Waals surface area (Å²) in [5.74, 6) is -0.0372. The number of carbonyl (C=O) groups is 1. The topological polar surface area (TPSA) is 96.6 Å². The number of rotatable bonds is 3. The highest BCUT2D eigenvalue weighted by molar-refractivity contribution is 7.90. The zero-order chi connectivity index (χ0) is 20.9. The van der Waals surface area contributed by atoms with Crippen LogP contribution >= 0.6 is 0 Å². The molecule has 1 aliphatic heterocycles. The Kier molecular flexibility index (Phi) is 4.38. The Labute approximate surface area is 166 Å². The number of sulfonamides is 1. The first-order chi connectivity index (χ1) is 13.7. The minimum atomic E-state index is -4.16. The molecule has 0 unspecified atom stereocenters. The molecule has 8 nitrogen and oxygen atoms in total. The van der Waals surface area contributed by atoms with E-state index < -0.39 is 21.9 Å². The Hall–Kier alpha value is -3.27. The van der Waals surface area contributed by atoms with E-state index in [4.69, 9.17) is 4.52 Å². The zero-order valence-electron chi connectivity index (χ0n) is 15.9. The lowest BCUT2D eigenvalue weighted by molar-refractivity contribution is 0.229. The number of aromatic nitrogens is 2. The van der Waals surface area contributed by atoms with Crippen molar-refractivity contribution in [3.05, 3.63) is 64.9 Å². The van der Waals surface area contributed by atoms with Crippen molar-refractivity contribution < 1.29 is 22.1 Å². The molecule has 29 heavy (non-hydrogen) atoms. The van der Waals surface area contributed by atoms with E-state index in [9.17, 15) is 17.6 Å². The van der Waals surface area contributed by atoms with Gasteiger partial charge in [-0.05, 0) is 56.7 Å². The van der Waals surface area contributed by atoms with Crippen LogP contribution < -0.4 is 4.90 Å². The van der Waals surface area contributed by atoms with Gasteiger partial charge in [-0.1, -0.05) is 5.16 Å². The minimum Gasteiger partial charge on any atom is -0.361 e. The van der Waals surface area contributed by atoms with Crippen LogP contribution in [0.4, 0.5) is 20.7 Å². The van der Waals surface area contributed by atoms with Crippen molar-refractivity contribution in [2.75, 3.05) is 4.90 Å². The van der Waals surface area contributed by atoms with Gasteiger partial charge in [-0.3, -0.25) is 0 Å². The van der Waals surface area contributed by atoms with E-state index in [-0.39, 0.29) is 17.3 Å². The summed E-state index contributed by atoms with van der Waals surface area (Å²) < 4.78 is 46.0. The van der Waals surface area contributed by atoms with Crippen molar-refractivity contribution in [1.82, 2.24) is 14.4 Å². The van der Waals surface area contributed by atoms with Crippen LogP contribution in [0.25, 0.3) is 0 Å². The van der Waals surface area contributed by atoms with E-state index in [2.05, 4.69) is 10.1 Å².